The topological polar surface area (TPSA) is 189 Å². The molecule has 0 spiro atoms. The largest absolute Gasteiger partial charge is 0.451 e. The number of nitrogens with zero attached hydrogens (tertiary/aromatic N) is 1. The fraction of sp³-hybridized carbons (Fsp3) is 0.459. The molecular formula is C37H48N2O12S3Si. The highest BCUT2D eigenvalue weighted by Crippen LogP contribution is 2.49. The molecule has 0 aromatic heterocycles. The average Bonchev–Trinajstić information content (AvgIpc) is 3.34. The van der Waals surface area contributed by atoms with Gasteiger partial charge in [0.25, 0.3) is 0 Å². The van der Waals surface area contributed by atoms with E-state index in [0.29, 0.717) is 17.3 Å². The Bertz CT molecular complexity index is 2030. The van der Waals surface area contributed by atoms with E-state index < -0.39 is 86.9 Å². The minimum absolute atomic E-state index is 0.0459. The molecule has 300 valence electrons. The van der Waals surface area contributed by atoms with Crippen LogP contribution in [0.4, 0.5) is 4.79 Å². The molecule has 1 amide bonds. The maximum atomic E-state index is 14.8. The number of likely N-dealkylation sites (N-methyl/N-ethyl adjacent to an activating group) is 1. The lowest BCUT2D eigenvalue weighted by Crippen LogP contribution is -2.74. The summed E-state index contributed by atoms with van der Waals surface area (Å²) in [5, 5.41) is 0.0731. The smallest absolute Gasteiger partial charge is 0.413 e. The Kier molecular flexibility index (Phi) is 13.5. The summed E-state index contributed by atoms with van der Waals surface area (Å²) in [4.78, 5) is 50.9. The number of hydrogen-bond donors (Lipinski definition) is 1. The second-order valence-electron chi connectivity index (χ2n) is 14.2. The van der Waals surface area contributed by atoms with Crippen LogP contribution in [-0.2, 0) is 53.2 Å². The molecule has 2 aliphatic heterocycles. The van der Waals surface area contributed by atoms with Crippen molar-refractivity contribution in [1.82, 2.24) is 9.29 Å². The minimum atomic E-state index is -4.48. The Morgan fingerprint density at radius 2 is 1.40 bits per heavy atom. The molecule has 0 aliphatic carbocycles. The van der Waals surface area contributed by atoms with E-state index in [0.717, 1.165) is 22.2 Å². The van der Waals surface area contributed by atoms with Gasteiger partial charge in [0.2, 0.25) is 24.5 Å². The summed E-state index contributed by atoms with van der Waals surface area (Å²) in [6.07, 6.45) is -3.86. The van der Waals surface area contributed by atoms with Crippen molar-refractivity contribution in [2.75, 3.05) is 6.54 Å². The van der Waals surface area contributed by atoms with Gasteiger partial charge < -0.3 is 18.9 Å². The van der Waals surface area contributed by atoms with Crippen molar-refractivity contribution in [2.24, 2.45) is 0 Å². The molecule has 0 fully saturated rings. The van der Waals surface area contributed by atoms with Gasteiger partial charge in [-0.25, -0.2) is 35.6 Å². The van der Waals surface area contributed by atoms with Gasteiger partial charge >= 0.3 is 24.0 Å². The van der Waals surface area contributed by atoms with Gasteiger partial charge in [-0.15, -0.1) is 0 Å². The van der Waals surface area contributed by atoms with Gasteiger partial charge in [0.05, 0.1) is 11.3 Å². The highest BCUT2D eigenvalue weighted by molar-refractivity contribution is 8.28. The second-order valence-corrected chi connectivity index (χ2v) is 24.5. The number of sulfonamides is 1. The van der Waals surface area contributed by atoms with Crippen molar-refractivity contribution in [3.63, 3.8) is 0 Å². The zero-order valence-corrected chi connectivity index (χ0v) is 35.7. The van der Waals surface area contributed by atoms with Gasteiger partial charge in [0.15, 0.2) is 22.0 Å². The van der Waals surface area contributed by atoms with E-state index in [1.807, 2.05) is 81.4 Å². The first-order valence-electron chi connectivity index (χ1n) is 17.6. The molecule has 0 bridgehead atoms. The van der Waals surface area contributed by atoms with Crippen LogP contribution in [0, 0.1) is 0 Å². The predicted molar refractivity (Wildman–Crippen MR) is 210 cm³/mol. The third-order valence-corrected chi connectivity index (χ3v) is 21.5. The molecule has 55 heavy (non-hydrogen) atoms. The van der Waals surface area contributed by atoms with E-state index in [2.05, 4.69) is 4.39 Å². The van der Waals surface area contributed by atoms with Crippen molar-refractivity contribution in [1.29, 1.82) is 0 Å². The number of benzene rings is 2. The number of rotatable bonds is 13. The van der Waals surface area contributed by atoms with Gasteiger partial charge in [-0.05, 0) is 61.2 Å². The molecule has 4 rings (SSSR count). The van der Waals surface area contributed by atoms with Crippen LogP contribution in [0.2, 0.25) is 5.04 Å². The van der Waals surface area contributed by atoms with Crippen LogP contribution in [0.1, 0.15) is 68.7 Å². The molecule has 0 saturated carbocycles. The normalized spacial score (nSPS) is 19.9. The number of nitrogens with one attached hydrogen (secondary N) is 1. The molecular weight excluding hydrogens is 789 g/mol. The molecule has 18 heteroatoms. The minimum Gasteiger partial charge on any atom is -0.451 e. The van der Waals surface area contributed by atoms with Gasteiger partial charge in [0, 0.05) is 20.4 Å². The molecule has 0 saturated heterocycles. The second kappa shape index (κ2) is 17.0. The number of esters is 3. The van der Waals surface area contributed by atoms with Crippen molar-refractivity contribution < 1.29 is 55.0 Å². The molecule has 2 aromatic rings. The van der Waals surface area contributed by atoms with Crippen LogP contribution >= 0.6 is 11.8 Å². The summed E-state index contributed by atoms with van der Waals surface area (Å²) in [5.41, 5.74) is 0.341. The Morgan fingerprint density at radius 1 is 0.891 bits per heavy atom. The third kappa shape index (κ3) is 9.36. The van der Waals surface area contributed by atoms with Crippen LogP contribution < -0.4 is 14.8 Å². The lowest BCUT2D eigenvalue weighted by molar-refractivity contribution is -0.186. The summed E-state index contributed by atoms with van der Waals surface area (Å²) in [7, 11) is -11.9. The Labute approximate surface area is 328 Å². The molecule has 2 aliphatic rings. The molecule has 1 N–H and O–H groups in total. The van der Waals surface area contributed by atoms with Crippen molar-refractivity contribution in [3.8, 4) is 0 Å². The van der Waals surface area contributed by atoms with Crippen LogP contribution in [0.5, 0.6) is 0 Å². The molecule has 14 nitrogen and oxygen atoms in total. The van der Waals surface area contributed by atoms with Crippen LogP contribution in [0.3, 0.4) is 0 Å². The average molecular weight is 837 g/mol. The summed E-state index contributed by atoms with van der Waals surface area (Å²) in [5.74, 6) is -2.78. The number of carbonyl (C=O) groups is 4. The monoisotopic (exact) mass is 836 g/mol. The lowest BCUT2D eigenvalue weighted by atomic mass is 10.0. The zero-order chi connectivity index (χ0) is 41.1. The van der Waals surface area contributed by atoms with Crippen molar-refractivity contribution in [2.45, 2.75) is 104 Å². The van der Waals surface area contributed by atoms with E-state index in [9.17, 15) is 36.0 Å². The summed E-state index contributed by atoms with van der Waals surface area (Å²) in [6, 6.07) is 17.5. The highest BCUT2D eigenvalue weighted by atomic mass is 32.3. The fourth-order valence-corrected chi connectivity index (χ4v) is 18.9. The van der Waals surface area contributed by atoms with E-state index in [-0.39, 0.29) is 21.4 Å². The first-order valence-corrected chi connectivity index (χ1v) is 23.5. The van der Waals surface area contributed by atoms with Crippen molar-refractivity contribution in [3.05, 3.63) is 80.8 Å². The van der Waals surface area contributed by atoms with E-state index in [1.165, 1.54) is 33.8 Å². The molecule has 5 atom stereocenters. The maximum absolute atomic E-state index is 14.8. The quantitative estimate of drug-likeness (QED) is 0.132. The standard InChI is InChI=1S/C37H48N2O12S3Si/c1-10-39(36(43)51-27(6)50-34(42)25(4)49-33(41)24(3)48-26(5)40)31-22-32(52-35-30(31)21-23(2)53(35,44)45)54(46,47)38-55(37(7,8)9,28-17-13-11-14-18-28)29-19-15-12-16-20-29/h11-20,22-25,27,31,38H,10,21H2,1-9H3/t23-,24-,25-,27?,31-/m0/s1. The number of thioether (sulfide) groups is 1. The summed E-state index contributed by atoms with van der Waals surface area (Å²) < 4.78 is 80.0. The lowest BCUT2D eigenvalue weighted by Gasteiger charge is -2.44. The maximum Gasteiger partial charge on any atom is 0.413 e. The molecule has 0 radical (unpaired) electrons. The van der Waals surface area contributed by atoms with Gasteiger partial charge in [-0.2, -0.15) is 0 Å². The Balaban J connectivity index is 1.68. The molecule has 2 heterocycles. The predicted octanol–water partition coefficient (Wildman–Crippen LogP) is 4.07. The van der Waals surface area contributed by atoms with Crippen LogP contribution in [-0.4, -0.2) is 90.3 Å². The van der Waals surface area contributed by atoms with Gasteiger partial charge in [-0.1, -0.05) is 93.2 Å². The fourth-order valence-electron chi connectivity index (χ4n) is 6.49. The summed E-state index contributed by atoms with van der Waals surface area (Å²) >= 11 is 0.648. The van der Waals surface area contributed by atoms with E-state index in [1.54, 1.807) is 6.92 Å². The van der Waals surface area contributed by atoms with Gasteiger partial charge in [-0.3, -0.25) is 9.69 Å². The van der Waals surface area contributed by atoms with E-state index in [4.69, 9.17) is 18.9 Å². The number of hydrogen-bond acceptors (Lipinski definition) is 13. The number of ether oxygens (including phenoxy) is 4. The number of sulfone groups is 1. The first-order chi connectivity index (χ1) is 25.6. The SMILES string of the molecule is CCN(C(=O)OC(C)OC(=O)[C@H](C)OC(=O)[C@H](C)OC(C)=O)[C@H]1C=C(S(=O)(=O)N[Si](c2ccccc2)(c2ccccc2)C(C)(C)C)SC2=C1C[C@H](C)S2(=O)=O. The third-order valence-electron chi connectivity index (χ3n) is 9.25. The number of carbonyl (C=O) groups excluding carboxylic acids is 4. The van der Waals surface area contributed by atoms with E-state index >= 15 is 0 Å². The Morgan fingerprint density at radius 3 is 1.89 bits per heavy atom. The van der Waals surface area contributed by atoms with Gasteiger partial charge in [0.1, 0.15) is 8.47 Å². The van der Waals surface area contributed by atoms with Crippen LogP contribution in [0.15, 0.2) is 80.8 Å². The van der Waals surface area contributed by atoms with Crippen molar-refractivity contribution >= 4 is 74.2 Å². The highest BCUT2D eigenvalue weighted by Gasteiger charge is 2.53. The first kappa shape index (κ1) is 43.8. The number of amides is 1. The van der Waals surface area contributed by atoms with Crippen LogP contribution in [0.25, 0.3) is 0 Å². The Hall–Kier alpha value is -3.97. The summed E-state index contributed by atoms with van der Waals surface area (Å²) in [6.45, 7) is 13.8. The zero-order valence-electron chi connectivity index (χ0n) is 32.2. The molecule has 1 unspecified atom stereocenters. The molecule has 2 aromatic carbocycles.